The number of benzene rings is 2. The highest BCUT2D eigenvalue weighted by Gasteiger charge is 2.22. The van der Waals surface area contributed by atoms with Gasteiger partial charge in [0.25, 0.3) is 5.91 Å². The first kappa shape index (κ1) is 20.1. The van der Waals surface area contributed by atoms with Crippen LogP contribution in [0.3, 0.4) is 0 Å². The molecule has 0 saturated heterocycles. The topological polar surface area (TPSA) is 75.3 Å². The van der Waals surface area contributed by atoms with Gasteiger partial charge in [-0.05, 0) is 55.6 Å². The van der Waals surface area contributed by atoms with E-state index in [1.165, 1.54) is 13.1 Å². The van der Waals surface area contributed by atoms with E-state index in [1.807, 2.05) is 44.2 Å². The standard InChI is InChI=1S/C20H26N2O3S/c1-13(2)19(16-9-7-6-8-10-16)22-20(23)17-11-14(3)15(4)18(12-17)26(24,25)21-5/h6-13,19,21H,1-5H3,(H,22,23). The zero-order chi connectivity index (χ0) is 19.5. The fraction of sp³-hybridized carbons (Fsp3) is 0.350. The molecule has 1 amide bonds. The lowest BCUT2D eigenvalue weighted by Crippen LogP contribution is -2.32. The van der Waals surface area contributed by atoms with Crippen LogP contribution in [-0.4, -0.2) is 21.4 Å². The minimum absolute atomic E-state index is 0.131. The zero-order valence-corrected chi connectivity index (χ0v) is 16.6. The van der Waals surface area contributed by atoms with Crippen LogP contribution in [0.2, 0.25) is 0 Å². The second-order valence-corrected chi connectivity index (χ2v) is 8.58. The first-order valence-electron chi connectivity index (χ1n) is 8.58. The third kappa shape index (κ3) is 4.31. The van der Waals surface area contributed by atoms with E-state index in [9.17, 15) is 13.2 Å². The second kappa shape index (κ2) is 8.01. The fourth-order valence-electron chi connectivity index (χ4n) is 2.87. The van der Waals surface area contributed by atoms with E-state index in [1.54, 1.807) is 19.9 Å². The molecule has 1 atom stereocenters. The number of sulfonamides is 1. The molecule has 2 aromatic carbocycles. The molecule has 0 aliphatic heterocycles. The van der Waals surface area contributed by atoms with E-state index < -0.39 is 10.0 Å². The summed E-state index contributed by atoms with van der Waals surface area (Å²) in [5.41, 5.74) is 2.75. The third-order valence-electron chi connectivity index (χ3n) is 4.55. The van der Waals surface area contributed by atoms with Crippen LogP contribution in [-0.2, 0) is 10.0 Å². The summed E-state index contributed by atoms with van der Waals surface area (Å²) < 4.78 is 26.8. The van der Waals surface area contributed by atoms with Crippen LogP contribution in [0.4, 0.5) is 0 Å². The Balaban J connectivity index is 2.40. The largest absolute Gasteiger partial charge is 0.345 e. The van der Waals surface area contributed by atoms with E-state index in [4.69, 9.17) is 0 Å². The highest BCUT2D eigenvalue weighted by Crippen LogP contribution is 2.24. The Morgan fingerprint density at radius 1 is 1.04 bits per heavy atom. The minimum Gasteiger partial charge on any atom is -0.345 e. The van der Waals surface area contributed by atoms with Gasteiger partial charge in [-0.1, -0.05) is 44.2 Å². The van der Waals surface area contributed by atoms with Crippen LogP contribution < -0.4 is 10.0 Å². The quantitative estimate of drug-likeness (QED) is 0.814. The molecule has 5 nitrogen and oxygen atoms in total. The molecule has 0 aliphatic rings. The number of hydrogen-bond acceptors (Lipinski definition) is 3. The summed E-state index contributed by atoms with van der Waals surface area (Å²) in [6, 6.07) is 12.8. The monoisotopic (exact) mass is 374 g/mol. The van der Waals surface area contributed by atoms with E-state index in [0.29, 0.717) is 11.1 Å². The highest BCUT2D eigenvalue weighted by atomic mass is 32.2. The van der Waals surface area contributed by atoms with Crippen molar-refractivity contribution in [2.75, 3.05) is 7.05 Å². The number of rotatable bonds is 6. The van der Waals surface area contributed by atoms with E-state index in [2.05, 4.69) is 10.0 Å². The lowest BCUT2D eigenvalue weighted by molar-refractivity contribution is 0.0925. The van der Waals surface area contributed by atoms with E-state index >= 15 is 0 Å². The maximum atomic E-state index is 12.8. The van der Waals surface area contributed by atoms with E-state index in [0.717, 1.165) is 11.1 Å². The predicted octanol–water partition coefficient (Wildman–Crippen LogP) is 3.34. The average molecular weight is 375 g/mol. The molecule has 0 aromatic heterocycles. The SMILES string of the molecule is CNS(=O)(=O)c1cc(C(=O)NC(c2ccccc2)C(C)C)cc(C)c1C. The van der Waals surface area contributed by atoms with Gasteiger partial charge in [0.15, 0.2) is 0 Å². The first-order valence-corrected chi connectivity index (χ1v) is 10.1. The first-order chi connectivity index (χ1) is 12.2. The Hall–Kier alpha value is -2.18. The molecule has 6 heteroatoms. The van der Waals surface area contributed by atoms with Gasteiger partial charge in [-0.3, -0.25) is 4.79 Å². The number of hydrogen-bond donors (Lipinski definition) is 2. The molecule has 2 rings (SSSR count). The maximum absolute atomic E-state index is 12.8. The maximum Gasteiger partial charge on any atom is 0.251 e. The molecule has 1 unspecified atom stereocenters. The summed E-state index contributed by atoms with van der Waals surface area (Å²) in [5.74, 6) is -0.100. The van der Waals surface area contributed by atoms with Crippen LogP contribution in [0, 0.1) is 19.8 Å². The van der Waals surface area contributed by atoms with Crippen molar-refractivity contribution in [2.45, 2.75) is 38.6 Å². The van der Waals surface area contributed by atoms with Gasteiger partial charge < -0.3 is 5.32 Å². The summed E-state index contributed by atoms with van der Waals surface area (Å²) in [6.45, 7) is 7.62. The summed E-state index contributed by atoms with van der Waals surface area (Å²) in [7, 11) is -2.27. The molecule has 2 N–H and O–H groups in total. The second-order valence-electron chi connectivity index (χ2n) is 6.73. The Labute approximate surface area is 155 Å². The molecular weight excluding hydrogens is 348 g/mol. The number of amides is 1. The molecule has 0 spiro atoms. The Bertz CT molecular complexity index is 891. The molecule has 0 radical (unpaired) electrons. The summed E-state index contributed by atoms with van der Waals surface area (Å²) in [4.78, 5) is 13.0. The van der Waals surface area contributed by atoms with Crippen LogP contribution in [0.25, 0.3) is 0 Å². The van der Waals surface area contributed by atoms with Gasteiger partial charge in [0.1, 0.15) is 0 Å². The number of nitrogens with one attached hydrogen (secondary N) is 2. The van der Waals surface area contributed by atoms with Crippen molar-refractivity contribution in [2.24, 2.45) is 5.92 Å². The average Bonchev–Trinajstić information content (AvgIpc) is 2.61. The Morgan fingerprint density at radius 2 is 1.65 bits per heavy atom. The molecule has 0 saturated carbocycles. The number of carbonyl (C=O) groups is 1. The molecule has 2 aromatic rings. The van der Waals surface area contributed by atoms with Crippen molar-refractivity contribution in [3.8, 4) is 0 Å². The van der Waals surface area contributed by atoms with Gasteiger partial charge >= 0.3 is 0 Å². The lowest BCUT2D eigenvalue weighted by atomic mass is 9.95. The van der Waals surface area contributed by atoms with Crippen LogP contribution in [0.15, 0.2) is 47.4 Å². The van der Waals surface area contributed by atoms with Gasteiger partial charge in [-0.25, -0.2) is 13.1 Å². The minimum atomic E-state index is -3.63. The summed E-state index contributed by atoms with van der Waals surface area (Å²) >= 11 is 0. The summed E-state index contributed by atoms with van der Waals surface area (Å²) in [5, 5.41) is 3.04. The number of aryl methyl sites for hydroxylation is 1. The van der Waals surface area contributed by atoms with E-state index in [-0.39, 0.29) is 22.8 Å². The van der Waals surface area contributed by atoms with Crippen molar-refractivity contribution in [3.63, 3.8) is 0 Å². The highest BCUT2D eigenvalue weighted by molar-refractivity contribution is 7.89. The normalized spacial score (nSPS) is 12.8. The van der Waals surface area contributed by atoms with Crippen molar-refractivity contribution in [1.29, 1.82) is 0 Å². The molecule has 0 heterocycles. The fourth-order valence-corrected chi connectivity index (χ4v) is 3.93. The van der Waals surface area contributed by atoms with Gasteiger partial charge in [-0.2, -0.15) is 0 Å². The van der Waals surface area contributed by atoms with Crippen LogP contribution in [0.5, 0.6) is 0 Å². The molecule has 0 fully saturated rings. The molecule has 26 heavy (non-hydrogen) atoms. The van der Waals surface area contributed by atoms with Crippen molar-refractivity contribution in [1.82, 2.24) is 10.0 Å². The van der Waals surface area contributed by atoms with Gasteiger partial charge in [0.05, 0.1) is 10.9 Å². The van der Waals surface area contributed by atoms with Crippen LogP contribution in [0.1, 0.15) is 46.9 Å². The molecule has 140 valence electrons. The summed E-state index contributed by atoms with van der Waals surface area (Å²) in [6.07, 6.45) is 0. The molecule has 0 bridgehead atoms. The van der Waals surface area contributed by atoms with Crippen molar-refractivity contribution < 1.29 is 13.2 Å². The van der Waals surface area contributed by atoms with Gasteiger partial charge in [-0.15, -0.1) is 0 Å². The molecular formula is C20H26N2O3S. The lowest BCUT2D eigenvalue weighted by Gasteiger charge is -2.23. The van der Waals surface area contributed by atoms with Gasteiger partial charge in [0, 0.05) is 5.56 Å². The Kier molecular flexibility index (Phi) is 6.21. The predicted molar refractivity (Wildman–Crippen MR) is 104 cm³/mol. The number of carbonyl (C=O) groups excluding carboxylic acids is 1. The van der Waals surface area contributed by atoms with Crippen LogP contribution >= 0.6 is 0 Å². The Morgan fingerprint density at radius 3 is 2.19 bits per heavy atom. The third-order valence-corrected chi connectivity index (χ3v) is 6.09. The van der Waals surface area contributed by atoms with Crippen molar-refractivity contribution >= 4 is 15.9 Å². The smallest absolute Gasteiger partial charge is 0.251 e. The zero-order valence-electron chi connectivity index (χ0n) is 15.8. The molecule has 0 aliphatic carbocycles. The van der Waals surface area contributed by atoms with Crippen molar-refractivity contribution in [3.05, 3.63) is 64.7 Å². The van der Waals surface area contributed by atoms with Gasteiger partial charge in [0.2, 0.25) is 10.0 Å².